The summed E-state index contributed by atoms with van der Waals surface area (Å²) >= 11 is 0. The first-order valence-electron chi connectivity index (χ1n) is 8.01. The van der Waals surface area contributed by atoms with Gasteiger partial charge in [0.25, 0.3) is 0 Å². The molecular formula is C17H24N6. The predicted molar refractivity (Wildman–Crippen MR) is 92.8 cm³/mol. The Bertz CT molecular complexity index is 635. The molecule has 23 heavy (non-hydrogen) atoms. The van der Waals surface area contributed by atoms with E-state index in [1.807, 2.05) is 44.4 Å². The van der Waals surface area contributed by atoms with E-state index in [0.29, 0.717) is 0 Å². The SMILES string of the molecule is Cc1cc(N2CCN(Cc3cccnc3)CC2)nc(N(C)C)n1. The third-order valence-electron chi connectivity index (χ3n) is 4.05. The van der Waals surface area contributed by atoms with Crippen molar-refractivity contribution in [2.75, 3.05) is 50.1 Å². The molecule has 0 N–H and O–H groups in total. The van der Waals surface area contributed by atoms with Gasteiger partial charge in [0.15, 0.2) is 0 Å². The summed E-state index contributed by atoms with van der Waals surface area (Å²) in [6.07, 6.45) is 3.77. The Morgan fingerprint density at radius 1 is 1.13 bits per heavy atom. The van der Waals surface area contributed by atoms with Gasteiger partial charge in [-0.1, -0.05) is 6.07 Å². The van der Waals surface area contributed by atoms with Gasteiger partial charge in [-0.25, -0.2) is 4.98 Å². The second-order valence-electron chi connectivity index (χ2n) is 6.19. The Kier molecular flexibility index (Phi) is 4.71. The maximum absolute atomic E-state index is 4.68. The standard InChI is InChI=1S/C17H24N6/c1-14-11-16(20-17(19-14)21(2)3)23-9-7-22(8-10-23)13-15-5-4-6-18-12-15/h4-6,11-12H,7-10,13H2,1-3H3. The molecule has 1 aliphatic heterocycles. The number of anilines is 2. The summed E-state index contributed by atoms with van der Waals surface area (Å²) in [5.41, 5.74) is 2.28. The average molecular weight is 312 g/mol. The molecule has 1 fully saturated rings. The van der Waals surface area contributed by atoms with E-state index in [1.54, 1.807) is 0 Å². The first kappa shape index (κ1) is 15.7. The zero-order valence-corrected chi connectivity index (χ0v) is 14.1. The van der Waals surface area contributed by atoms with Crippen LogP contribution in [0.1, 0.15) is 11.3 Å². The lowest BCUT2D eigenvalue weighted by Crippen LogP contribution is -2.46. The van der Waals surface area contributed by atoms with Crippen molar-refractivity contribution in [3.8, 4) is 0 Å². The molecule has 2 aromatic heterocycles. The molecule has 6 nitrogen and oxygen atoms in total. The van der Waals surface area contributed by atoms with Gasteiger partial charge in [0.1, 0.15) is 5.82 Å². The van der Waals surface area contributed by atoms with Crippen molar-refractivity contribution >= 4 is 11.8 Å². The lowest BCUT2D eigenvalue weighted by molar-refractivity contribution is 0.249. The fraction of sp³-hybridized carbons (Fsp3) is 0.471. The topological polar surface area (TPSA) is 48.4 Å². The first-order valence-corrected chi connectivity index (χ1v) is 8.01. The zero-order chi connectivity index (χ0) is 16.2. The van der Waals surface area contributed by atoms with Crippen molar-refractivity contribution in [3.63, 3.8) is 0 Å². The van der Waals surface area contributed by atoms with E-state index in [2.05, 4.69) is 36.9 Å². The van der Waals surface area contributed by atoms with Gasteiger partial charge in [0, 0.05) is 71.0 Å². The molecule has 0 saturated carbocycles. The highest BCUT2D eigenvalue weighted by molar-refractivity contribution is 5.45. The van der Waals surface area contributed by atoms with Gasteiger partial charge in [-0.15, -0.1) is 0 Å². The monoisotopic (exact) mass is 312 g/mol. The summed E-state index contributed by atoms with van der Waals surface area (Å²) in [4.78, 5) is 20.1. The summed E-state index contributed by atoms with van der Waals surface area (Å²) in [7, 11) is 3.95. The van der Waals surface area contributed by atoms with Gasteiger partial charge in [-0.05, 0) is 18.6 Å². The van der Waals surface area contributed by atoms with E-state index in [9.17, 15) is 0 Å². The van der Waals surface area contributed by atoms with Crippen LogP contribution in [-0.4, -0.2) is 60.1 Å². The Morgan fingerprint density at radius 2 is 1.91 bits per heavy atom. The molecule has 0 amide bonds. The van der Waals surface area contributed by atoms with Gasteiger partial charge in [0.2, 0.25) is 5.95 Å². The number of pyridine rings is 1. The Hall–Kier alpha value is -2.21. The number of hydrogen-bond donors (Lipinski definition) is 0. The van der Waals surface area contributed by atoms with Gasteiger partial charge in [0.05, 0.1) is 0 Å². The Labute approximate surface area is 137 Å². The molecular weight excluding hydrogens is 288 g/mol. The number of nitrogens with zero attached hydrogens (tertiary/aromatic N) is 6. The summed E-state index contributed by atoms with van der Waals surface area (Å²) in [5.74, 6) is 1.81. The molecule has 1 saturated heterocycles. The smallest absolute Gasteiger partial charge is 0.226 e. The number of hydrogen-bond acceptors (Lipinski definition) is 6. The highest BCUT2D eigenvalue weighted by atomic mass is 15.3. The van der Waals surface area contributed by atoms with E-state index in [1.165, 1.54) is 5.56 Å². The maximum Gasteiger partial charge on any atom is 0.226 e. The van der Waals surface area contributed by atoms with Crippen molar-refractivity contribution in [3.05, 3.63) is 41.9 Å². The normalized spacial score (nSPS) is 15.7. The highest BCUT2D eigenvalue weighted by Gasteiger charge is 2.19. The van der Waals surface area contributed by atoms with Crippen molar-refractivity contribution < 1.29 is 0 Å². The molecule has 3 rings (SSSR count). The summed E-state index contributed by atoms with van der Waals surface area (Å²) < 4.78 is 0. The first-order chi connectivity index (χ1) is 11.1. The van der Waals surface area contributed by atoms with Gasteiger partial charge in [-0.2, -0.15) is 4.98 Å². The van der Waals surface area contributed by atoms with E-state index in [4.69, 9.17) is 0 Å². The van der Waals surface area contributed by atoms with Gasteiger partial charge < -0.3 is 9.80 Å². The molecule has 2 aromatic rings. The molecule has 0 bridgehead atoms. The van der Waals surface area contributed by atoms with Crippen LogP contribution >= 0.6 is 0 Å². The lowest BCUT2D eigenvalue weighted by Gasteiger charge is -2.35. The summed E-state index contributed by atoms with van der Waals surface area (Å²) in [6, 6.07) is 6.21. The summed E-state index contributed by atoms with van der Waals surface area (Å²) in [6.45, 7) is 7.04. The Morgan fingerprint density at radius 3 is 2.57 bits per heavy atom. The minimum Gasteiger partial charge on any atom is -0.354 e. The van der Waals surface area contributed by atoms with Crippen LogP contribution < -0.4 is 9.80 Å². The maximum atomic E-state index is 4.68. The van der Waals surface area contributed by atoms with Crippen LogP contribution in [0.5, 0.6) is 0 Å². The minimum atomic E-state index is 0.776. The van der Waals surface area contributed by atoms with Gasteiger partial charge >= 0.3 is 0 Å². The average Bonchev–Trinajstić information content (AvgIpc) is 2.56. The summed E-state index contributed by atoms with van der Waals surface area (Å²) in [5, 5.41) is 0. The van der Waals surface area contributed by atoms with Crippen LogP contribution in [0, 0.1) is 6.92 Å². The van der Waals surface area contributed by atoms with E-state index in [-0.39, 0.29) is 0 Å². The highest BCUT2D eigenvalue weighted by Crippen LogP contribution is 2.18. The number of aromatic nitrogens is 3. The quantitative estimate of drug-likeness (QED) is 0.854. The third-order valence-corrected chi connectivity index (χ3v) is 4.05. The van der Waals surface area contributed by atoms with E-state index < -0.39 is 0 Å². The molecule has 0 atom stereocenters. The molecule has 1 aliphatic rings. The molecule has 3 heterocycles. The van der Waals surface area contributed by atoms with Crippen LogP contribution in [0.2, 0.25) is 0 Å². The number of piperazine rings is 1. The molecule has 0 spiro atoms. The van der Waals surface area contributed by atoms with Crippen LogP contribution in [0.25, 0.3) is 0 Å². The second-order valence-corrected chi connectivity index (χ2v) is 6.19. The predicted octanol–water partition coefficient (Wildman–Crippen LogP) is 1.57. The molecule has 0 aliphatic carbocycles. The molecule has 0 aromatic carbocycles. The van der Waals surface area contributed by atoms with E-state index in [0.717, 1.165) is 50.2 Å². The van der Waals surface area contributed by atoms with Crippen molar-refractivity contribution in [2.24, 2.45) is 0 Å². The van der Waals surface area contributed by atoms with Crippen LogP contribution in [0.15, 0.2) is 30.6 Å². The molecule has 0 unspecified atom stereocenters. The second kappa shape index (κ2) is 6.91. The number of rotatable bonds is 4. The minimum absolute atomic E-state index is 0.776. The van der Waals surface area contributed by atoms with Crippen LogP contribution in [0.4, 0.5) is 11.8 Å². The van der Waals surface area contributed by atoms with Crippen LogP contribution in [-0.2, 0) is 6.54 Å². The van der Waals surface area contributed by atoms with E-state index >= 15 is 0 Å². The van der Waals surface area contributed by atoms with Crippen molar-refractivity contribution in [2.45, 2.75) is 13.5 Å². The fourth-order valence-electron chi connectivity index (χ4n) is 2.78. The molecule has 6 heteroatoms. The molecule has 122 valence electrons. The Balaban J connectivity index is 1.63. The lowest BCUT2D eigenvalue weighted by atomic mass is 10.2. The van der Waals surface area contributed by atoms with Gasteiger partial charge in [-0.3, -0.25) is 9.88 Å². The fourth-order valence-corrected chi connectivity index (χ4v) is 2.78. The largest absolute Gasteiger partial charge is 0.354 e. The van der Waals surface area contributed by atoms with Crippen molar-refractivity contribution in [1.29, 1.82) is 0 Å². The van der Waals surface area contributed by atoms with Crippen molar-refractivity contribution in [1.82, 2.24) is 19.9 Å². The third kappa shape index (κ3) is 3.96. The number of aryl methyl sites for hydroxylation is 1. The zero-order valence-electron chi connectivity index (χ0n) is 14.1. The van der Waals surface area contributed by atoms with Crippen LogP contribution in [0.3, 0.4) is 0 Å². The molecule has 0 radical (unpaired) electrons.